The molecule has 0 aromatic rings. The lowest BCUT2D eigenvalue weighted by molar-refractivity contribution is 0.530. The Balaban J connectivity index is 3.59. The molecule has 0 rings (SSSR count). The van der Waals surface area contributed by atoms with Crippen LogP contribution >= 0.6 is 81.2 Å². The van der Waals surface area contributed by atoms with E-state index in [1.54, 1.807) is 0 Å². The molecule has 0 aliphatic heterocycles. The van der Waals surface area contributed by atoms with Crippen LogP contribution in [0.3, 0.4) is 0 Å². The third-order valence-corrected chi connectivity index (χ3v) is 8.30. The van der Waals surface area contributed by atoms with Gasteiger partial charge in [0.25, 0.3) is 0 Å². The Labute approximate surface area is 227 Å². The van der Waals surface area contributed by atoms with Crippen molar-refractivity contribution in [3.8, 4) is 0 Å². The van der Waals surface area contributed by atoms with Gasteiger partial charge in [-0.15, -0.1) is 81.2 Å². The molecule has 6 atom stereocenters. The van der Waals surface area contributed by atoms with Gasteiger partial charge in [0, 0.05) is 38.1 Å². The van der Waals surface area contributed by atoms with Crippen LogP contribution in [0.4, 0.5) is 0 Å². The lowest BCUT2D eigenvalue weighted by Gasteiger charge is -2.14. The van der Waals surface area contributed by atoms with Crippen LogP contribution in [-0.4, -0.2) is 38.1 Å². The van der Waals surface area contributed by atoms with E-state index >= 15 is 0 Å². The highest BCUT2D eigenvalue weighted by molar-refractivity contribution is 6.22. The first kappa shape index (κ1) is 33.0. The van der Waals surface area contributed by atoms with E-state index in [-0.39, 0.29) is 32.3 Å². The highest BCUT2D eigenvalue weighted by Crippen LogP contribution is 2.24. The van der Waals surface area contributed by atoms with Gasteiger partial charge < -0.3 is 0 Å². The van der Waals surface area contributed by atoms with E-state index in [1.165, 1.54) is 0 Å². The zero-order chi connectivity index (χ0) is 23.5. The Kier molecular flexibility index (Phi) is 24.0. The van der Waals surface area contributed by atoms with Gasteiger partial charge in [-0.05, 0) is 77.6 Å². The van der Waals surface area contributed by atoms with Crippen molar-refractivity contribution in [1.82, 2.24) is 0 Å². The van der Waals surface area contributed by atoms with Crippen LogP contribution in [0.15, 0.2) is 0 Å². The number of rotatable bonds is 22. The molecule has 0 aromatic carbocycles. The molecule has 0 radical (unpaired) electrons. The fourth-order valence-corrected chi connectivity index (χ4v) is 5.73. The summed E-state index contributed by atoms with van der Waals surface area (Å²) in [4.78, 5) is 0. The van der Waals surface area contributed by atoms with Gasteiger partial charge in [-0.25, -0.2) is 0 Å². The van der Waals surface area contributed by atoms with Gasteiger partial charge in [-0.3, -0.25) is 0 Å². The lowest BCUT2D eigenvalue weighted by Crippen LogP contribution is -2.07. The second-order valence-electron chi connectivity index (χ2n) is 8.90. The smallest absolute Gasteiger partial charge is 0.0347 e. The molecule has 6 unspecified atom stereocenters. The molecular formula is C24H43Cl7. The van der Waals surface area contributed by atoms with Crippen molar-refractivity contribution in [2.45, 2.75) is 142 Å². The Morgan fingerprint density at radius 3 is 0.839 bits per heavy atom. The quantitative estimate of drug-likeness (QED) is 0.112. The maximum Gasteiger partial charge on any atom is 0.0347 e. The Morgan fingerprint density at radius 2 is 0.613 bits per heavy atom. The molecule has 0 saturated carbocycles. The fraction of sp³-hybridized carbons (Fsp3) is 1.00. The molecule has 0 aliphatic carbocycles. The predicted octanol–water partition coefficient (Wildman–Crippen LogP) is 11.1. The zero-order valence-corrected chi connectivity index (χ0v) is 24.4. The standard InChI is InChI=1S/C24H43Cl7/c1-19(26)7-2-8-20(27)9-3-10-21(28)11-4-12-22(29)13-5-14-23(30)15-6-16-24(31)17-18-25/h19-24H,2-18H2,1H3. The van der Waals surface area contributed by atoms with E-state index in [0.29, 0.717) is 5.88 Å². The monoisotopic (exact) mass is 576 g/mol. The third-order valence-electron chi connectivity index (χ3n) is 5.68. The van der Waals surface area contributed by atoms with E-state index in [2.05, 4.69) is 0 Å². The summed E-state index contributed by atoms with van der Waals surface area (Å²) in [6.45, 7) is 2.03. The normalized spacial score (nSPS) is 17.8. The highest BCUT2D eigenvalue weighted by atomic mass is 35.5. The first-order chi connectivity index (χ1) is 14.7. The van der Waals surface area contributed by atoms with Crippen molar-refractivity contribution in [1.29, 1.82) is 0 Å². The zero-order valence-electron chi connectivity index (χ0n) is 19.1. The van der Waals surface area contributed by atoms with Crippen molar-refractivity contribution >= 4 is 81.2 Å². The SMILES string of the molecule is CC(Cl)CCCC(Cl)CCCC(Cl)CCCC(Cl)CCCC(Cl)CCCC(Cl)CCCl. The number of hydrogen-bond acceptors (Lipinski definition) is 0. The summed E-state index contributed by atoms with van der Waals surface area (Å²) in [5, 5.41) is 1.35. The third kappa shape index (κ3) is 23.5. The van der Waals surface area contributed by atoms with Gasteiger partial charge in [0.1, 0.15) is 0 Å². The van der Waals surface area contributed by atoms with Gasteiger partial charge in [-0.1, -0.05) is 32.1 Å². The molecular weight excluding hydrogens is 536 g/mol. The largest absolute Gasteiger partial charge is 0.127 e. The minimum Gasteiger partial charge on any atom is -0.127 e. The van der Waals surface area contributed by atoms with Crippen LogP contribution in [0.1, 0.15) is 110 Å². The summed E-state index contributed by atoms with van der Waals surface area (Å²) in [7, 11) is 0. The second kappa shape index (κ2) is 22.5. The summed E-state index contributed by atoms with van der Waals surface area (Å²) in [6, 6.07) is 0. The molecule has 31 heavy (non-hydrogen) atoms. The molecule has 0 nitrogen and oxygen atoms in total. The lowest BCUT2D eigenvalue weighted by atomic mass is 10.0. The van der Waals surface area contributed by atoms with Crippen LogP contribution in [0.25, 0.3) is 0 Å². The van der Waals surface area contributed by atoms with Crippen LogP contribution in [0.5, 0.6) is 0 Å². The summed E-state index contributed by atoms with van der Waals surface area (Å²) in [5.41, 5.74) is 0. The topological polar surface area (TPSA) is 0 Å². The molecule has 0 N–H and O–H groups in total. The summed E-state index contributed by atoms with van der Waals surface area (Å²) < 4.78 is 0. The fourth-order valence-electron chi connectivity index (χ4n) is 3.70. The summed E-state index contributed by atoms with van der Waals surface area (Å²) >= 11 is 43.7. The average Bonchev–Trinajstić information content (AvgIpc) is 2.68. The van der Waals surface area contributed by atoms with E-state index in [1.807, 2.05) is 6.92 Å². The molecule has 188 valence electrons. The van der Waals surface area contributed by atoms with E-state index in [4.69, 9.17) is 81.2 Å². The van der Waals surface area contributed by atoms with Gasteiger partial charge in [-0.2, -0.15) is 0 Å². The van der Waals surface area contributed by atoms with E-state index < -0.39 is 0 Å². The van der Waals surface area contributed by atoms with Gasteiger partial charge in [0.15, 0.2) is 0 Å². The number of alkyl halides is 7. The van der Waals surface area contributed by atoms with Crippen LogP contribution in [0, 0.1) is 0 Å². The number of halogens is 7. The molecule has 0 aliphatic rings. The summed E-state index contributed by atoms with van der Waals surface area (Å²) in [6.07, 6.45) is 16.6. The molecule has 0 aromatic heterocycles. The van der Waals surface area contributed by atoms with Gasteiger partial charge in [0.2, 0.25) is 0 Å². The highest BCUT2D eigenvalue weighted by Gasteiger charge is 2.12. The Bertz CT molecular complexity index is 381. The van der Waals surface area contributed by atoms with Crippen molar-refractivity contribution in [3.05, 3.63) is 0 Å². The minimum atomic E-state index is 0.181. The first-order valence-corrected chi connectivity index (χ1v) is 15.3. The van der Waals surface area contributed by atoms with E-state index in [0.717, 1.165) is 103 Å². The average molecular weight is 580 g/mol. The Hall–Kier alpha value is 2.03. The van der Waals surface area contributed by atoms with Crippen molar-refractivity contribution in [3.63, 3.8) is 0 Å². The maximum absolute atomic E-state index is 6.50. The second-order valence-corrected chi connectivity index (χ2v) is 13.1. The molecule has 0 heterocycles. The number of hydrogen-bond donors (Lipinski definition) is 0. The molecule has 7 heteroatoms. The van der Waals surface area contributed by atoms with Crippen LogP contribution in [-0.2, 0) is 0 Å². The predicted molar refractivity (Wildman–Crippen MR) is 148 cm³/mol. The Morgan fingerprint density at radius 1 is 0.387 bits per heavy atom. The molecule has 0 amide bonds. The van der Waals surface area contributed by atoms with Crippen LogP contribution < -0.4 is 0 Å². The van der Waals surface area contributed by atoms with Crippen molar-refractivity contribution < 1.29 is 0 Å². The molecule has 0 bridgehead atoms. The summed E-state index contributed by atoms with van der Waals surface area (Å²) in [5.74, 6) is 0.628. The van der Waals surface area contributed by atoms with Crippen molar-refractivity contribution in [2.24, 2.45) is 0 Å². The van der Waals surface area contributed by atoms with Crippen molar-refractivity contribution in [2.75, 3.05) is 5.88 Å². The molecule has 0 spiro atoms. The first-order valence-electron chi connectivity index (χ1n) is 12.1. The van der Waals surface area contributed by atoms with Gasteiger partial charge in [0.05, 0.1) is 0 Å². The van der Waals surface area contributed by atoms with E-state index in [9.17, 15) is 0 Å². The minimum absolute atomic E-state index is 0.181. The molecule has 0 saturated heterocycles. The van der Waals surface area contributed by atoms with Crippen LogP contribution in [0.2, 0.25) is 0 Å². The maximum atomic E-state index is 6.50. The van der Waals surface area contributed by atoms with Gasteiger partial charge >= 0.3 is 0 Å². The molecule has 0 fully saturated rings.